The number of Topliss-reactive ketones (excluding diaryl/α,β-unsaturated/α-hetero) is 1. The summed E-state index contributed by atoms with van der Waals surface area (Å²) in [7, 11) is 0. The highest BCUT2D eigenvalue weighted by Gasteiger charge is 2.22. The minimum Gasteiger partial charge on any atom is -0.348 e. The molecular weight excluding hydrogens is 385 g/mol. The fourth-order valence-corrected chi connectivity index (χ4v) is 3.72. The van der Waals surface area contributed by atoms with Crippen LogP contribution >= 0.6 is 24.0 Å². The van der Waals surface area contributed by atoms with Gasteiger partial charge in [-0.1, -0.05) is 18.0 Å². The second kappa shape index (κ2) is 9.58. The zero-order valence-corrected chi connectivity index (χ0v) is 17.4. The maximum absolute atomic E-state index is 12.7. The van der Waals surface area contributed by atoms with Crippen LogP contribution in [-0.4, -0.2) is 47.3 Å². The molecule has 7 heteroatoms. The molecule has 1 saturated heterocycles. The Morgan fingerprint density at radius 3 is 2.56 bits per heavy atom. The van der Waals surface area contributed by atoms with E-state index in [0.29, 0.717) is 17.1 Å². The highest BCUT2D eigenvalue weighted by molar-refractivity contribution is 6.45. The first-order valence-electron chi connectivity index (χ1n) is 9.32. The molecule has 148 valence electrons. The Kier molecular flexibility index (Phi) is 7.71. The molecule has 1 aromatic heterocycles. The number of halogens is 2. The Morgan fingerprint density at radius 2 is 1.89 bits per heavy atom. The van der Waals surface area contributed by atoms with E-state index in [9.17, 15) is 9.59 Å². The summed E-state index contributed by atoms with van der Waals surface area (Å²) in [6, 6.07) is 5.63. The van der Waals surface area contributed by atoms with Crippen molar-refractivity contribution in [3.8, 4) is 0 Å². The predicted octanol–water partition coefficient (Wildman–Crippen LogP) is 4.08. The van der Waals surface area contributed by atoms with Gasteiger partial charge < -0.3 is 14.8 Å². The molecule has 0 atom stereocenters. The van der Waals surface area contributed by atoms with Crippen LogP contribution in [0.4, 0.5) is 0 Å². The molecule has 1 fully saturated rings. The van der Waals surface area contributed by atoms with Crippen LogP contribution in [0.2, 0.25) is 5.02 Å². The monoisotopic (exact) mass is 411 g/mol. The molecule has 0 radical (unpaired) electrons. The Bertz CT molecular complexity index is 811. The first kappa shape index (κ1) is 21.7. The van der Waals surface area contributed by atoms with Crippen molar-refractivity contribution in [3.63, 3.8) is 0 Å². The van der Waals surface area contributed by atoms with E-state index in [-0.39, 0.29) is 18.4 Å². The lowest BCUT2D eigenvalue weighted by molar-refractivity contribution is -0.117. The SMILES string of the molecule is CC(C)n1cc(C(=O)C(=O)NCCN2CCCCC2)c2cc(Cl)ccc21.Cl. The fourth-order valence-electron chi connectivity index (χ4n) is 3.55. The molecule has 1 N–H and O–H groups in total. The Labute approximate surface area is 171 Å². The number of nitrogens with zero attached hydrogens (tertiary/aromatic N) is 2. The van der Waals surface area contributed by atoms with E-state index >= 15 is 0 Å². The molecule has 27 heavy (non-hydrogen) atoms. The molecule has 0 saturated carbocycles. The third kappa shape index (κ3) is 5.03. The number of carbonyl (C=O) groups is 2. The summed E-state index contributed by atoms with van der Waals surface area (Å²) in [5, 5.41) is 4.05. The lowest BCUT2D eigenvalue weighted by atomic mass is 10.1. The predicted molar refractivity (Wildman–Crippen MR) is 112 cm³/mol. The van der Waals surface area contributed by atoms with Gasteiger partial charge in [-0.3, -0.25) is 9.59 Å². The molecule has 5 nitrogen and oxygen atoms in total. The van der Waals surface area contributed by atoms with Crippen molar-refractivity contribution in [2.24, 2.45) is 0 Å². The summed E-state index contributed by atoms with van der Waals surface area (Å²) in [6.07, 6.45) is 5.46. The Morgan fingerprint density at radius 1 is 1.19 bits per heavy atom. The minimum absolute atomic E-state index is 0. The molecule has 0 bridgehead atoms. The number of benzene rings is 1. The maximum atomic E-state index is 12.7. The normalized spacial score (nSPS) is 15.0. The number of carbonyl (C=O) groups excluding carboxylic acids is 2. The second-order valence-electron chi connectivity index (χ2n) is 7.19. The van der Waals surface area contributed by atoms with E-state index in [1.807, 2.05) is 24.5 Å². The first-order valence-corrected chi connectivity index (χ1v) is 9.70. The molecule has 1 aliphatic rings. The molecular formula is C20H27Cl2N3O2. The average Bonchev–Trinajstić information content (AvgIpc) is 3.00. The van der Waals surface area contributed by atoms with Crippen LogP contribution in [0.3, 0.4) is 0 Å². The van der Waals surface area contributed by atoms with Gasteiger partial charge in [0, 0.05) is 41.3 Å². The molecule has 1 amide bonds. The molecule has 0 spiro atoms. The quantitative estimate of drug-likeness (QED) is 0.575. The van der Waals surface area contributed by atoms with E-state index in [0.717, 1.165) is 30.5 Å². The van der Waals surface area contributed by atoms with Crippen LogP contribution in [0.5, 0.6) is 0 Å². The maximum Gasteiger partial charge on any atom is 0.292 e. The van der Waals surface area contributed by atoms with E-state index in [2.05, 4.69) is 10.2 Å². The van der Waals surface area contributed by atoms with Crippen LogP contribution < -0.4 is 5.32 Å². The van der Waals surface area contributed by atoms with Crippen LogP contribution in [0.1, 0.15) is 49.5 Å². The lowest BCUT2D eigenvalue weighted by Gasteiger charge is -2.26. The number of likely N-dealkylation sites (tertiary alicyclic amines) is 1. The summed E-state index contributed by atoms with van der Waals surface area (Å²) in [5.74, 6) is -1.06. The van der Waals surface area contributed by atoms with Gasteiger partial charge >= 0.3 is 0 Å². The van der Waals surface area contributed by atoms with Gasteiger partial charge in [-0.05, 0) is 58.0 Å². The Balaban J connectivity index is 0.00000261. The first-order chi connectivity index (χ1) is 12.5. The van der Waals surface area contributed by atoms with Crippen molar-refractivity contribution in [2.45, 2.75) is 39.2 Å². The summed E-state index contributed by atoms with van der Waals surface area (Å²) >= 11 is 6.11. The second-order valence-corrected chi connectivity index (χ2v) is 7.63. The number of hydrogen-bond donors (Lipinski definition) is 1. The number of ketones is 1. The largest absolute Gasteiger partial charge is 0.348 e. The average molecular weight is 412 g/mol. The summed E-state index contributed by atoms with van der Waals surface area (Å²) in [6.45, 7) is 7.52. The van der Waals surface area contributed by atoms with Gasteiger partial charge in [-0.15, -0.1) is 12.4 Å². The lowest BCUT2D eigenvalue weighted by Crippen LogP contribution is -2.39. The molecule has 0 aliphatic carbocycles. The highest BCUT2D eigenvalue weighted by atomic mass is 35.5. The fraction of sp³-hybridized carbons (Fsp3) is 0.500. The molecule has 2 heterocycles. The van der Waals surface area contributed by atoms with Gasteiger partial charge in [0.05, 0.1) is 5.56 Å². The number of rotatable bonds is 6. The molecule has 3 rings (SSSR count). The smallest absolute Gasteiger partial charge is 0.292 e. The zero-order chi connectivity index (χ0) is 18.7. The number of hydrogen-bond acceptors (Lipinski definition) is 3. The number of piperidine rings is 1. The number of amides is 1. The zero-order valence-electron chi connectivity index (χ0n) is 15.8. The summed E-state index contributed by atoms with van der Waals surface area (Å²) in [5.41, 5.74) is 1.32. The van der Waals surface area contributed by atoms with Crippen molar-refractivity contribution in [1.29, 1.82) is 0 Å². The molecule has 0 unspecified atom stereocenters. The van der Waals surface area contributed by atoms with Gasteiger partial charge in [0.2, 0.25) is 0 Å². The van der Waals surface area contributed by atoms with Crippen LogP contribution in [0.25, 0.3) is 10.9 Å². The van der Waals surface area contributed by atoms with Crippen molar-refractivity contribution in [3.05, 3.63) is 35.0 Å². The highest BCUT2D eigenvalue weighted by Crippen LogP contribution is 2.28. The van der Waals surface area contributed by atoms with E-state index in [1.54, 1.807) is 18.3 Å². The van der Waals surface area contributed by atoms with Crippen molar-refractivity contribution < 1.29 is 9.59 Å². The third-order valence-electron chi connectivity index (χ3n) is 4.96. The van der Waals surface area contributed by atoms with Gasteiger partial charge in [-0.25, -0.2) is 0 Å². The van der Waals surface area contributed by atoms with E-state index in [1.165, 1.54) is 19.3 Å². The number of fused-ring (bicyclic) bond motifs is 1. The van der Waals surface area contributed by atoms with Gasteiger partial charge in [0.1, 0.15) is 0 Å². The molecule has 2 aromatic rings. The standard InChI is InChI=1S/C20H26ClN3O2.ClH/c1-14(2)24-13-17(16-12-15(21)6-7-18(16)24)19(25)20(26)22-8-11-23-9-4-3-5-10-23;/h6-7,12-14H,3-5,8-11H2,1-2H3,(H,22,26);1H. The summed E-state index contributed by atoms with van der Waals surface area (Å²) in [4.78, 5) is 27.4. The summed E-state index contributed by atoms with van der Waals surface area (Å²) < 4.78 is 2.00. The van der Waals surface area contributed by atoms with E-state index in [4.69, 9.17) is 11.6 Å². The number of aromatic nitrogens is 1. The Hall–Kier alpha value is -1.56. The van der Waals surface area contributed by atoms with Crippen LogP contribution in [0, 0.1) is 0 Å². The van der Waals surface area contributed by atoms with Crippen molar-refractivity contribution in [2.75, 3.05) is 26.2 Å². The van der Waals surface area contributed by atoms with Crippen LogP contribution in [-0.2, 0) is 4.79 Å². The van der Waals surface area contributed by atoms with Gasteiger partial charge in [-0.2, -0.15) is 0 Å². The van der Waals surface area contributed by atoms with Crippen LogP contribution in [0.15, 0.2) is 24.4 Å². The molecule has 1 aromatic carbocycles. The van der Waals surface area contributed by atoms with Crippen molar-refractivity contribution in [1.82, 2.24) is 14.8 Å². The molecule has 1 aliphatic heterocycles. The van der Waals surface area contributed by atoms with Gasteiger partial charge in [0.25, 0.3) is 11.7 Å². The third-order valence-corrected chi connectivity index (χ3v) is 5.20. The van der Waals surface area contributed by atoms with Gasteiger partial charge in [0.15, 0.2) is 0 Å². The topological polar surface area (TPSA) is 54.3 Å². The minimum atomic E-state index is -0.551. The van der Waals surface area contributed by atoms with Crippen molar-refractivity contribution >= 4 is 46.6 Å². The number of nitrogens with one attached hydrogen (secondary N) is 1. The van der Waals surface area contributed by atoms with E-state index < -0.39 is 11.7 Å².